The van der Waals surface area contributed by atoms with Crippen LogP contribution in [0, 0.1) is 5.92 Å². The molecule has 3 nitrogen and oxygen atoms in total. The molecule has 1 aromatic rings. The van der Waals surface area contributed by atoms with E-state index in [0.29, 0.717) is 6.42 Å². The standard InChI is InChI=1S/C14H18ClNO2S/c15-11-5-1-2-6-12(11)19-9-7-10-4-3-8-14(10,16)13(17)18/h1-2,5-6,10H,3-4,7-9,16H2,(H,17,18). The Labute approximate surface area is 122 Å². The van der Waals surface area contributed by atoms with Gasteiger partial charge in [0.1, 0.15) is 5.54 Å². The normalized spacial score (nSPS) is 26.5. The lowest BCUT2D eigenvalue weighted by Gasteiger charge is -2.26. The van der Waals surface area contributed by atoms with E-state index in [9.17, 15) is 9.90 Å². The minimum absolute atomic E-state index is 0.0694. The molecule has 5 heteroatoms. The van der Waals surface area contributed by atoms with E-state index in [-0.39, 0.29) is 5.92 Å². The fourth-order valence-electron chi connectivity index (χ4n) is 2.66. The van der Waals surface area contributed by atoms with Gasteiger partial charge in [-0.3, -0.25) is 4.79 Å². The Morgan fingerprint density at radius 1 is 1.53 bits per heavy atom. The Morgan fingerprint density at radius 3 is 2.95 bits per heavy atom. The summed E-state index contributed by atoms with van der Waals surface area (Å²) in [7, 11) is 0. The first-order chi connectivity index (χ1) is 9.04. The molecule has 0 aromatic heterocycles. The van der Waals surface area contributed by atoms with Crippen LogP contribution in [0.4, 0.5) is 0 Å². The van der Waals surface area contributed by atoms with Crippen molar-refractivity contribution in [1.29, 1.82) is 0 Å². The maximum absolute atomic E-state index is 11.3. The minimum atomic E-state index is -1.03. The van der Waals surface area contributed by atoms with Crippen LogP contribution in [-0.2, 0) is 4.79 Å². The SMILES string of the molecule is NC1(C(=O)O)CCCC1CCSc1ccccc1Cl. The highest BCUT2D eigenvalue weighted by molar-refractivity contribution is 7.99. The summed E-state index contributed by atoms with van der Waals surface area (Å²) in [4.78, 5) is 12.3. The molecule has 0 heterocycles. The van der Waals surface area contributed by atoms with Crippen LogP contribution in [0.5, 0.6) is 0 Å². The lowest BCUT2D eigenvalue weighted by Crippen LogP contribution is -2.51. The maximum atomic E-state index is 11.3. The molecule has 0 saturated heterocycles. The fourth-order valence-corrected chi connectivity index (χ4v) is 3.96. The summed E-state index contributed by atoms with van der Waals surface area (Å²) in [6, 6.07) is 7.70. The van der Waals surface area contributed by atoms with Crippen molar-refractivity contribution in [3.8, 4) is 0 Å². The summed E-state index contributed by atoms with van der Waals surface area (Å²) in [6.07, 6.45) is 3.22. The minimum Gasteiger partial charge on any atom is -0.480 e. The van der Waals surface area contributed by atoms with E-state index in [1.807, 2.05) is 24.3 Å². The van der Waals surface area contributed by atoms with Gasteiger partial charge in [-0.2, -0.15) is 0 Å². The molecule has 0 amide bonds. The summed E-state index contributed by atoms with van der Waals surface area (Å²) >= 11 is 7.75. The second kappa shape index (κ2) is 6.16. The number of nitrogens with two attached hydrogens (primary N) is 1. The van der Waals surface area contributed by atoms with Gasteiger partial charge in [0.2, 0.25) is 0 Å². The molecule has 0 spiro atoms. The van der Waals surface area contributed by atoms with Gasteiger partial charge in [0.15, 0.2) is 0 Å². The zero-order chi connectivity index (χ0) is 13.9. The first kappa shape index (κ1) is 14.7. The molecule has 1 fully saturated rings. The van der Waals surface area contributed by atoms with Crippen molar-refractivity contribution in [3.05, 3.63) is 29.3 Å². The van der Waals surface area contributed by atoms with Crippen molar-refractivity contribution >= 4 is 29.3 Å². The average Bonchev–Trinajstić information content (AvgIpc) is 2.75. The molecule has 0 radical (unpaired) electrons. The molecular formula is C14H18ClNO2S. The third-order valence-corrected chi connectivity index (χ3v) is 5.38. The third-order valence-electron chi connectivity index (χ3n) is 3.83. The number of halogens is 1. The van der Waals surface area contributed by atoms with Crippen molar-refractivity contribution in [2.75, 3.05) is 5.75 Å². The number of benzene rings is 1. The molecule has 1 aliphatic rings. The van der Waals surface area contributed by atoms with Gasteiger partial charge >= 0.3 is 5.97 Å². The number of thioether (sulfide) groups is 1. The van der Waals surface area contributed by atoms with Gasteiger partial charge in [0, 0.05) is 4.90 Å². The highest BCUT2D eigenvalue weighted by Crippen LogP contribution is 2.38. The molecule has 3 N–H and O–H groups in total. The zero-order valence-corrected chi connectivity index (χ0v) is 12.2. The number of rotatable bonds is 5. The molecule has 2 atom stereocenters. The average molecular weight is 300 g/mol. The molecule has 19 heavy (non-hydrogen) atoms. The van der Waals surface area contributed by atoms with Crippen molar-refractivity contribution in [3.63, 3.8) is 0 Å². The van der Waals surface area contributed by atoms with Gasteiger partial charge in [-0.25, -0.2) is 0 Å². The molecule has 0 bridgehead atoms. The van der Waals surface area contributed by atoms with Crippen LogP contribution < -0.4 is 5.73 Å². The van der Waals surface area contributed by atoms with E-state index in [1.165, 1.54) is 0 Å². The molecule has 104 valence electrons. The Kier molecular flexibility index (Phi) is 4.76. The second-order valence-electron chi connectivity index (χ2n) is 5.00. The molecule has 1 aromatic carbocycles. The van der Waals surface area contributed by atoms with Crippen molar-refractivity contribution in [2.24, 2.45) is 11.7 Å². The van der Waals surface area contributed by atoms with Crippen LogP contribution in [0.25, 0.3) is 0 Å². The molecular weight excluding hydrogens is 282 g/mol. The molecule has 2 rings (SSSR count). The Hall–Kier alpha value is -0.710. The lowest BCUT2D eigenvalue weighted by molar-refractivity contribution is -0.144. The molecule has 1 aliphatic carbocycles. The van der Waals surface area contributed by atoms with Gasteiger partial charge in [-0.15, -0.1) is 11.8 Å². The topological polar surface area (TPSA) is 63.3 Å². The third kappa shape index (κ3) is 3.25. The Bertz CT molecular complexity index is 469. The maximum Gasteiger partial charge on any atom is 0.323 e. The van der Waals surface area contributed by atoms with E-state index < -0.39 is 11.5 Å². The predicted octanol–water partition coefficient (Wildman–Crippen LogP) is 3.40. The van der Waals surface area contributed by atoms with Crippen LogP contribution in [-0.4, -0.2) is 22.4 Å². The fraction of sp³-hybridized carbons (Fsp3) is 0.500. The monoisotopic (exact) mass is 299 g/mol. The smallest absolute Gasteiger partial charge is 0.323 e. The quantitative estimate of drug-likeness (QED) is 0.818. The van der Waals surface area contributed by atoms with Crippen LogP contribution in [0.2, 0.25) is 5.02 Å². The van der Waals surface area contributed by atoms with Crippen LogP contribution in [0.15, 0.2) is 29.2 Å². The number of hydrogen-bond donors (Lipinski definition) is 2. The van der Waals surface area contributed by atoms with Gasteiger partial charge in [0.05, 0.1) is 5.02 Å². The van der Waals surface area contributed by atoms with Gasteiger partial charge in [0.25, 0.3) is 0 Å². The summed E-state index contributed by atoms with van der Waals surface area (Å²) in [5.74, 6) is 0.0541. The summed E-state index contributed by atoms with van der Waals surface area (Å²) < 4.78 is 0. The second-order valence-corrected chi connectivity index (χ2v) is 6.55. The van der Waals surface area contributed by atoms with Crippen LogP contribution in [0.3, 0.4) is 0 Å². The number of carboxylic acid groups (broad SMARTS) is 1. The van der Waals surface area contributed by atoms with E-state index >= 15 is 0 Å². The van der Waals surface area contributed by atoms with Crippen molar-refractivity contribution in [2.45, 2.75) is 36.1 Å². The number of carboxylic acids is 1. The van der Waals surface area contributed by atoms with E-state index in [1.54, 1.807) is 11.8 Å². The van der Waals surface area contributed by atoms with E-state index in [2.05, 4.69) is 0 Å². The van der Waals surface area contributed by atoms with Crippen molar-refractivity contribution in [1.82, 2.24) is 0 Å². The highest BCUT2D eigenvalue weighted by Gasteiger charge is 2.45. The largest absolute Gasteiger partial charge is 0.480 e. The Morgan fingerprint density at radius 2 is 2.26 bits per heavy atom. The zero-order valence-electron chi connectivity index (χ0n) is 10.6. The predicted molar refractivity (Wildman–Crippen MR) is 78.7 cm³/mol. The van der Waals surface area contributed by atoms with E-state index in [0.717, 1.165) is 34.9 Å². The van der Waals surface area contributed by atoms with Crippen molar-refractivity contribution < 1.29 is 9.90 Å². The molecule has 0 aliphatic heterocycles. The molecule has 1 saturated carbocycles. The summed E-state index contributed by atoms with van der Waals surface area (Å²) in [6.45, 7) is 0. The first-order valence-electron chi connectivity index (χ1n) is 6.43. The highest BCUT2D eigenvalue weighted by atomic mass is 35.5. The number of hydrogen-bond acceptors (Lipinski definition) is 3. The lowest BCUT2D eigenvalue weighted by atomic mass is 9.86. The number of aliphatic carboxylic acids is 1. The van der Waals surface area contributed by atoms with Crippen LogP contribution >= 0.6 is 23.4 Å². The Balaban J connectivity index is 1.89. The number of carbonyl (C=O) groups is 1. The molecule has 2 unspecified atom stereocenters. The van der Waals surface area contributed by atoms with Crippen LogP contribution in [0.1, 0.15) is 25.7 Å². The van der Waals surface area contributed by atoms with Gasteiger partial charge in [-0.05, 0) is 43.1 Å². The van der Waals surface area contributed by atoms with E-state index in [4.69, 9.17) is 17.3 Å². The first-order valence-corrected chi connectivity index (χ1v) is 7.80. The summed E-state index contributed by atoms with van der Waals surface area (Å²) in [5.41, 5.74) is 4.99. The summed E-state index contributed by atoms with van der Waals surface area (Å²) in [5, 5.41) is 10.00. The van der Waals surface area contributed by atoms with Gasteiger partial charge in [-0.1, -0.05) is 30.2 Å². The van der Waals surface area contributed by atoms with Gasteiger partial charge < -0.3 is 10.8 Å².